The Morgan fingerprint density at radius 2 is 1.70 bits per heavy atom. The maximum absolute atomic E-state index is 12.6. The third kappa shape index (κ3) is 4.78. The van der Waals surface area contributed by atoms with E-state index in [4.69, 9.17) is 0 Å². The van der Waals surface area contributed by atoms with Gasteiger partial charge in [0.2, 0.25) is 5.91 Å². The minimum Gasteiger partial charge on any atom is -0.480 e. The Balaban J connectivity index is 1.68. The first-order chi connectivity index (χ1) is 13.0. The number of fused-ring (bicyclic) bond motifs is 1. The maximum Gasteiger partial charge on any atom is 0.326 e. The highest BCUT2D eigenvalue weighted by molar-refractivity contribution is 5.88. The van der Waals surface area contributed by atoms with Crippen LogP contribution >= 0.6 is 0 Å². The van der Waals surface area contributed by atoms with Gasteiger partial charge in [0.25, 0.3) is 0 Å². The van der Waals surface area contributed by atoms with Gasteiger partial charge in [0, 0.05) is 26.6 Å². The number of anilines is 2. The smallest absolute Gasteiger partial charge is 0.326 e. The predicted octanol–water partition coefficient (Wildman–Crippen LogP) is 2.15. The molecule has 0 aliphatic carbocycles. The van der Waals surface area contributed by atoms with Gasteiger partial charge in [-0.05, 0) is 24.1 Å². The van der Waals surface area contributed by atoms with E-state index in [0.29, 0.717) is 0 Å². The van der Waals surface area contributed by atoms with Gasteiger partial charge in [-0.2, -0.15) is 0 Å². The normalized spacial score (nSPS) is 14.9. The van der Waals surface area contributed by atoms with Gasteiger partial charge in [0.15, 0.2) is 0 Å². The van der Waals surface area contributed by atoms with Crippen LogP contribution in [0.3, 0.4) is 0 Å². The highest BCUT2D eigenvalue weighted by Crippen LogP contribution is 2.30. The number of nitrogens with one attached hydrogen (secondary N) is 1. The van der Waals surface area contributed by atoms with E-state index in [0.717, 1.165) is 36.4 Å². The quantitative estimate of drug-likeness (QED) is 0.818. The van der Waals surface area contributed by atoms with Crippen LogP contribution in [0.4, 0.5) is 11.4 Å². The molecule has 1 aliphatic heterocycles. The Kier molecular flexibility index (Phi) is 5.96. The van der Waals surface area contributed by atoms with Crippen molar-refractivity contribution in [3.8, 4) is 0 Å². The predicted molar refractivity (Wildman–Crippen MR) is 106 cm³/mol. The van der Waals surface area contributed by atoms with E-state index in [1.807, 2.05) is 66.5 Å². The minimum atomic E-state index is -1.02. The summed E-state index contributed by atoms with van der Waals surface area (Å²) in [7, 11) is 2.04. The zero-order valence-electron chi connectivity index (χ0n) is 15.5. The molecule has 6 nitrogen and oxygen atoms in total. The van der Waals surface area contributed by atoms with Crippen LogP contribution in [-0.4, -0.2) is 49.7 Å². The van der Waals surface area contributed by atoms with Crippen molar-refractivity contribution in [3.05, 3.63) is 60.2 Å². The number of carbonyl (C=O) groups is 2. The number of aliphatic carboxylic acids is 1. The fourth-order valence-electron chi connectivity index (χ4n) is 3.42. The van der Waals surface area contributed by atoms with Crippen molar-refractivity contribution in [2.45, 2.75) is 18.9 Å². The second-order valence-corrected chi connectivity index (χ2v) is 6.83. The molecule has 2 aromatic carbocycles. The standard InChI is InChI=1S/C21H25N3O3/c1-23-12-7-13-24(19-11-6-5-10-18(19)23)15-20(25)22-17(21(26)27)14-16-8-3-2-4-9-16/h2-6,8-11,17H,7,12-15H2,1H3,(H,22,25)(H,26,27)/t17-/m1/s1. The van der Waals surface area contributed by atoms with Gasteiger partial charge in [-0.25, -0.2) is 4.79 Å². The van der Waals surface area contributed by atoms with Gasteiger partial charge in [-0.15, -0.1) is 0 Å². The number of rotatable bonds is 6. The molecule has 0 radical (unpaired) electrons. The van der Waals surface area contributed by atoms with E-state index in [-0.39, 0.29) is 18.9 Å². The van der Waals surface area contributed by atoms with Crippen LogP contribution in [0.5, 0.6) is 0 Å². The second-order valence-electron chi connectivity index (χ2n) is 6.83. The van der Waals surface area contributed by atoms with Gasteiger partial charge in [-0.1, -0.05) is 42.5 Å². The lowest BCUT2D eigenvalue weighted by Crippen LogP contribution is -2.46. The molecular formula is C21H25N3O3. The summed E-state index contributed by atoms with van der Waals surface area (Å²) in [6, 6.07) is 16.4. The van der Waals surface area contributed by atoms with Crippen LogP contribution in [-0.2, 0) is 16.0 Å². The lowest BCUT2D eigenvalue weighted by molar-refractivity contribution is -0.141. The molecule has 1 heterocycles. The molecule has 142 valence electrons. The van der Waals surface area contributed by atoms with E-state index in [1.54, 1.807) is 0 Å². The van der Waals surface area contributed by atoms with Crippen molar-refractivity contribution in [1.29, 1.82) is 0 Å². The first kappa shape index (κ1) is 18.8. The average molecular weight is 367 g/mol. The van der Waals surface area contributed by atoms with Gasteiger partial charge in [0.05, 0.1) is 17.9 Å². The molecular weight excluding hydrogens is 342 g/mol. The number of carboxylic acids is 1. The number of hydrogen-bond donors (Lipinski definition) is 2. The summed E-state index contributed by atoms with van der Waals surface area (Å²) >= 11 is 0. The Morgan fingerprint density at radius 3 is 2.41 bits per heavy atom. The fraction of sp³-hybridized carbons (Fsp3) is 0.333. The molecule has 1 aliphatic rings. The van der Waals surface area contributed by atoms with Crippen LogP contribution in [0.2, 0.25) is 0 Å². The number of carboxylic acid groups (broad SMARTS) is 1. The average Bonchev–Trinajstić information content (AvgIpc) is 2.82. The van der Waals surface area contributed by atoms with Crippen LogP contribution in [0.1, 0.15) is 12.0 Å². The number of amides is 1. The molecule has 1 amide bonds. The number of benzene rings is 2. The minimum absolute atomic E-state index is 0.142. The third-order valence-electron chi connectivity index (χ3n) is 4.81. The fourth-order valence-corrected chi connectivity index (χ4v) is 3.42. The molecule has 0 fully saturated rings. The topological polar surface area (TPSA) is 72.9 Å². The van der Waals surface area contributed by atoms with E-state index in [1.165, 1.54) is 0 Å². The Hall–Kier alpha value is -3.02. The number of para-hydroxylation sites is 2. The third-order valence-corrected chi connectivity index (χ3v) is 4.81. The lowest BCUT2D eigenvalue weighted by atomic mass is 10.1. The number of nitrogens with zero attached hydrogens (tertiary/aromatic N) is 2. The zero-order chi connectivity index (χ0) is 19.2. The Morgan fingerprint density at radius 1 is 1.04 bits per heavy atom. The molecule has 1 atom stereocenters. The van der Waals surface area contributed by atoms with E-state index in [9.17, 15) is 14.7 Å². The zero-order valence-corrected chi connectivity index (χ0v) is 15.5. The van der Waals surface area contributed by atoms with Crippen molar-refractivity contribution < 1.29 is 14.7 Å². The first-order valence-electron chi connectivity index (χ1n) is 9.16. The van der Waals surface area contributed by atoms with Gasteiger partial charge in [-0.3, -0.25) is 4.79 Å². The Labute approximate surface area is 159 Å². The van der Waals surface area contributed by atoms with Crippen molar-refractivity contribution in [3.63, 3.8) is 0 Å². The molecule has 0 aromatic heterocycles. The molecule has 0 bridgehead atoms. The van der Waals surface area contributed by atoms with Gasteiger partial charge < -0.3 is 20.2 Å². The van der Waals surface area contributed by atoms with Crippen molar-refractivity contribution in [2.75, 3.05) is 36.5 Å². The van der Waals surface area contributed by atoms with Crippen LogP contribution in [0.25, 0.3) is 0 Å². The monoisotopic (exact) mass is 367 g/mol. The maximum atomic E-state index is 12.6. The summed E-state index contributed by atoms with van der Waals surface area (Å²) in [5, 5.41) is 12.2. The van der Waals surface area contributed by atoms with E-state index >= 15 is 0 Å². The summed E-state index contributed by atoms with van der Waals surface area (Å²) in [5.41, 5.74) is 2.97. The number of hydrogen-bond acceptors (Lipinski definition) is 4. The van der Waals surface area contributed by atoms with Crippen molar-refractivity contribution in [2.24, 2.45) is 0 Å². The van der Waals surface area contributed by atoms with Gasteiger partial charge in [0.1, 0.15) is 6.04 Å². The lowest BCUT2D eigenvalue weighted by Gasteiger charge is -2.26. The summed E-state index contributed by atoms with van der Waals surface area (Å²) in [6.07, 6.45) is 1.20. The molecule has 0 saturated carbocycles. The largest absolute Gasteiger partial charge is 0.480 e. The SMILES string of the molecule is CN1CCCN(CC(=O)N[C@H](Cc2ccccc2)C(=O)O)c2ccccc21. The second kappa shape index (κ2) is 8.58. The van der Waals surface area contributed by atoms with Crippen LogP contribution in [0.15, 0.2) is 54.6 Å². The van der Waals surface area contributed by atoms with Crippen LogP contribution in [0, 0.1) is 0 Å². The molecule has 0 unspecified atom stereocenters. The summed E-state index contributed by atoms with van der Waals surface area (Å²) in [6.45, 7) is 1.81. The number of carbonyl (C=O) groups excluding carboxylic acids is 1. The molecule has 3 rings (SSSR count). The summed E-state index contributed by atoms with van der Waals surface area (Å²) in [5.74, 6) is -1.30. The van der Waals surface area contributed by atoms with Crippen molar-refractivity contribution >= 4 is 23.3 Å². The van der Waals surface area contributed by atoms with E-state index < -0.39 is 12.0 Å². The van der Waals surface area contributed by atoms with E-state index in [2.05, 4.69) is 10.2 Å². The summed E-state index contributed by atoms with van der Waals surface area (Å²) < 4.78 is 0. The molecule has 2 aromatic rings. The van der Waals surface area contributed by atoms with Crippen LogP contribution < -0.4 is 15.1 Å². The van der Waals surface area contributed by atoms with Gasteiger partial charge >= 0.3 is 5.97 Å². The highest BCUT2D eigenvalue weighted by Gasteiger charge is 2.24. The molecule has 27 heavy (non-hydrogen) atoms. The molecule has 0 spiro atoms. The summed E-state index contributed by atoms with van der Waals surface area (Å²) in [4.78, 5) is 28.4. The molecule has 0 saturated heterocycles. The Bertz CT molecular complexity index is 794. The highest BCUT2D eigenvalue weighted by atomic mass is 16.4. The molecule has 6 heteroatoms. The molecule has 2 N–H and O–H groups in total. The van der Waals surface area contributed by atoms with Crippen molar-refractivity contribution in [1.82, 2.24) is 5.32 Å². The first-order valence-corrected chi connectivity index (χ1v) is 9.16.